The number of para-hydroxylation sites is 1. The lowest BCUT2D eigenvalue weighted by molar-refractivity contribution is -0.139. The maximum atomic E-state index is 13.0. The second kappa shape index (κ2) is 11.4. The van der Waals surface area contributed by atoms with E-state index in [0.717, 1.165) is 10.5 Å². The number of carbonyl (C=O) groups is 2. The van der Waals surface area contributed by atoms with E-state index in [9.17, 15) is 9.59 Å². The number of anilines is 2. The zero-order valence-corrected chi connectivity index (χ0v) is 19.8. The Morgan fingerprint density at radius 2 is 1.88 bits per heavy atom. The summed E-state index contributed by atoms with van der Waals surface area (Å²) >= 11 is 7.60. The van der Waals surface area contributed by atoms with E-state index in [1.807, 2.05) is 24.5 Å². The van der Waals surface area contributed by atoms with E-state index in [0.29, 0.717) is 39.8 Å². The van der Waals surface area contributed by atoms with Crippen LogP contribution in [0.3, 0.4) is 0 Å². The van der Waals surface area contributed by atoms with Crippen molar-refractivity contribution >= 4 is 52.4 Å². The van der Waals surface area contributed by atoms with Crippen molar-refractivity contribution in [1.29, 1.82) is 5.41 Å². The summed E-state index contributed by atoms with van der Waals surface area (Å²) in [4.78, 5) is 24.8. The van der Waals surface area contributed by atoms with E-state index in [1.54, 1.807) is 42.5 Å². The molecule has 0 aliphatic rings. The topological polar surface area (TPSA) is 138 Å². The van der Waals surface area contributed by atoms with Crippen LogP contribution in [-0.4, -0.2) is 35.7 Å². The number of nitrogens with one attached hydrogen (secondary N) is 3. The fourth-order valence-corrected chi connectivity index (χ4v) is 3.90. The molecule has 0 aliphatic carbocycles. The van der Waals surface area contributed by atoms with Crippen LogP contribution >= 0.6 is 23.4 Å². The minimum Gasteiger partial charge on any atom is -0.480 e. The number of thioether (sulfide) groups is 1. The van der Waals surface area contributed by atoms with Gasteiger partial charge in [-0.3, -0.25) is 10.2 Å². The lowest BCUT2D eigenvalue weighted by atomic mass is 10.1. The average molecular weight is 499 g/mol. The molecule has 0 radical (unpaired) electrons. The molecule has 1 amide bonds. The number of nitrogens with two attached hydrogens (primary N) is 1. The summed E-state index contributed by atoms with van der Waals surface area (Å²) in [5.74, 6) is -1.02. The minimum atomic E-state index is -1.07. The number of aliphatic carboxylic acids is 1. The summed E-state index contributed by atoms with van der Waals surface area (Å²) in [6.07, 6.45) is 1.88. The third-order valence-electron chi connectivity index (χ3n) is 4.77. The molecule has 176 valence electrons. The highest BCUT2D eigenvalue weighted by atomic mass is 35.5. The van der Waals surface area contributed by atoms with E-state index in [-0.39, 0.29) is 11.7 Å². The van der Waals surface area contributed by atoms with Crippen LogP contribution in [0.2, 0.25) is 5.02 Å². The van der Waals surface area contributed by atoms with E-state index in [2.05, 4.69) is 10.6 Å². The number of halogens is 1. The number of hydrogen-bond donors (Lipinski definition) is 5. The largest absolute Gasteiger partial charge is 0.480 e. The Morgan fingerprint density at radius 3 is 2.53 bits per heavy atom. The van der Waals surface area contributed by atoms with Crippen molar-refractivity contribution in [2.24, 2.45) is 5.73 Å². The van der Waals surface area contributed by atoms with Crippen molar-refractivity contribution in [3.8, 4) is 5.75 Å². The van der Waals surface area contributed by atoms with Gasteiger partial charge in [0.05, 0.1) is 5.56 Å². The fraction of sp³-hybridized carbons (Fsp3) is 0.125. The van der Waals surface area contributed by atoms with E-state index in [4.69, 9.17) is 32.6 Å². The van der Waals surface area contributed by atoms with Gasteiger partial charge in [-0.1, -0.05) is 23.7 Å². The molecule has 0 aromatic heterocycles. The molecular formula is C24H23ClN4O4S. The second-order valence-electron chi connectivity index (χ2n) is 7.12. The lowest BCUT2D eigenvalue weighted by Crippen LogP contribution is -2.16. The Labute approximate surface area is 206 Å². The summed E-state index contributed by atoms with van der Waals surface area (Å²) in [6.45, 7) is -0.167. The van der Waals surface area contributed by atoms with Crippen molar-refractivity contribution in [1.82, 2.24) is 0 Å². The average Bonchev–Trinajstić information content (AvgIpc) is 2.82. The Bertz CT molecular complexity index is 1220. The smallest absolute Gasteiger partial charge is 0.341 e. The van der Waals surface area contributed by atoms with E-state index < -0.39 is 12.6 Å². The molecule has 0 atom stereocenters. The highest BCUT2D eigenvalue weighted by molar-refractivity contribution is 7.98. The molecule has 10 heteroatoms. The third kappa shape index (κ3) is 6.43. The molecule has 3 aromatic carbocycles. The van der Waals surface area contributed by atoms with Gasteiger partial charge in [-0.15, -0.1) is 11.8 Å². The van der Waals surface area contributed by atoms with Crippen LogP contribution in [-0.2, 0) is 11.3 Å². The van der Waals surface area contributed by atoms with Crippen molar-refractivity contribution in [3.63, 3.8) is 0 Å². The molecule has 0 fully saturated rings. The molecule has 3 aromatic rings. The summed E-state index contributed by atoms with van der Waals surface area (Å²) in [5.41, 5.74) is 8.18. The van der Waals surface area contributed by atoms with Crippen molar-refractivity contribution in [3.05, 3.63) is 82.4 Å². The maximum Gasteiger partial charge on any atom is 0.341 e. The van der Waals surface area contributed by atoms with Gasteiger partial charge in [0.15, 0.2) is 6.61 Å². The highest BCUT2D eigenvalue weighted by Gasteiger charge is 2.15. The Morgan fingerprint density at radius 1 is 1.15 bits per heavy atom. The first kappa shape index (κ1) is 24.9. The van der Waals surface area contributed by atoms with Gasteiger partial charge in [0, 0.05) is 39.0 Å². The lowest BCUT2D eigenvalue weighted by Gasteiger charge is -2.17. The molecule has 0 saturated heterocycles. The van der Waals surface area contributed by atoms with Crippen LogP contribution in [0, 0.1) is 5.41 Å². The van der Waals surface area contributed by atoms with Crippen molar-refractivity contribution < 1.29 is 19.4 Å². The van der Waals surface area contributed by atoms with Crippen LogP contribution in [0.4, 0.5) is 11.4 Å². The minimum absolute atomic E-state index is 0.0588. The van der Waals surface area contributed by atoms with Crippen LogP contribution in [0.25, 0.3) is 0 Å². The number of nitrogen functional groups attached to an aromatic ring is 1. The van der Waals surface area contributed by atoms with E-state index in [1.165, 1.54) is 11.8 Å². The standard InChI is InChI=1S/C24H23ClN4O4S/c1-34-20-4-2-3-15(22(20)33-13-21(30)31)12-28-19-10-7-16(25)11-18(19)24(32)29-17-8-5-14(6-9-17)23(26)27/h2-11,28H,12-13H2,1H3,(H3,26,27)(H,29,32)(H,30,31). The first-order chi connectivity index (χ1) is 16.3. The molecule has 0 spiro atoms. The van der Waals surface area contributed by atoms with Crippen LogP contribution in [0.15, 0.2) is 65.6 Å². The maximum absolute atomic E-state index is 13.0. The predicted molar refractivity (Wildman–Crippen MR) is 136 cm³/mol. The first-order valence-electron chi connectivity index (χ1n) is 10.1. The molecule has 0 bridgehead atoms. The molecule has 3 rings (SSSR count). The Hall–Kier alpha value is -3.69. The van der Waals surface area contributed by atoms with Crippen LogP contribution < -0.4 is 21.1 Å². The van der Waals surface area contributed by atoms with Gasteiger partial charge in [0.25, 0.3) is 5.91 Å². The number of benzene rings is 3. The quantitative estimate of drug-likeness (QED) is 0.155. The number of amides is 1. The number of ether oxygens (including phenoxy) is 1. The van der Waals surface area contributed by atoms with E-state index >= 15 is 0 Å². The molecule has 0 saturated carbocycles. The van der Waals surface area contributed by atoms with Gasteiger partial charge in [0.2, 0.25) is 0 Å². The molecular weight excluding hydrogens is 476 g/mol. The zero-order valence-electron chi connectivity index (χ0n) is 18.2. The number of rotatable bonds is 10. The monoisotopic (exact) mass is 498 g/mol. The Kier molecular flexibility index (Phi) is 8.39. The van der Waals surface area contributed by atoms with Gasteiger partial charge >= 0.3 is 5.97 Å². The molecule has 34 heavy (non-hydrogen) atoms. The molecule has 8 nitrogen and oxygen atoms in total. The number of hydrogen-bond acceptors (Lipinski definition) is 6. The molecule has 0 aliphatic heterocycles. The van der Waals surface area contributed by atoms with Gasteiger partial charge < -0.3 is 26.2 Å². The zero-order chi connectivity index (χ0) is 24.7. The third-order valence-corrected chi connectivity index (χ3v) is 5.77. The summed E-state index contributed by atoms with van der Waals surface area (Å²) < 4.78 is 5.53. The molecule has 0 heterocycles. The van der Waals surface area contributed by atoms with Crippen molar-refractivity contribution in [2.75, 3.05) is 23.5 Å². The number of carboxylic acid groups (broad SMARTS) is 1. The molecule has 0 unspecified atom stereocenters. The first-order valence-corrected chi connectivity index (χ1v) is 11.7. The normalized spacial score (nSPS) is 10.4. The summed E-state index contributed by atoms with van der Waals surface area (Å²) in [6, 6.07) is 17.1. The highest BCUT2D eigenvalue weighted by Crippen LogP contribution is 2.32. The second-order valence-corrected chi connectivity index (χ2v) is 8.40. The summed E-state index contributed by atoms with van der Waals surface area (Å²) in [7, 11) is 0. The fourth-order valence-electron chi connectivity index (χ4n) is 3.14. The van der Waals surface area contributed by atoms with Crippen molar-refractivity contribution in [2.45, 2.75) is 11.4 Å². The van der Waals surface area contributed by atoms with Gasteiger partial charge in [-0.2, -0.15) is 0 Å². The number of amidine groups is 1. The van der Waals surface area contributed by atoms with Gasteiger partial charge in [-0.25, -0.2) is 4.79 Å². The SMILES string of the molecule is CSc1cccc(CNc2ccc(Cl)cc2C(=O)Nc2ccc(C(=N)N)cc2)c1OCC(=O)O. The van der Waals surface area contributed by atoms with Gasteiger partial charge in [0.1, 0.15) is 11.6 Å². The number of carboxylic acids is 1. The predicted octanol–water partition coefficient (Wildman–Crippen LogP) is 4.67. The Balaban J connectivity index is 1.81. The summed E-state index contributed by atoms with van der Waals surface area (Å²) in [5, 5.41) is 22.9. The van der Waals surface area contributed by atoms with Gasteiger partial charge in [-0.05, 0) is 54.8 Å². The molecule has 6 N–H and O–H groups in total. The van der Waals surface area contributed by atoms with Crippen LogP contribution in [0.1, 0.15) is 21.5 Å². The van der Waals surface area contributed by atoms with Crippen LogP contribution in [0.5, 0.6) is 5.75 Å². The number of carbonyl (C=O) groups excluding carboxylic acids is 1.